The van der Waals surface area contributed by atoms with Gasteiger partial charge in [-0.2, -0.15) is 17.5 Å². The molecule has 0 spiro atoms. The first-order valence-corrected chi connectivity index (χ1v) is 10.2. The zero-order valence-electron chi connectivity index (χ0n) is 14.7. The molecule has 4 rings (SSSR count). The molecule has 0 saturated carbocycles. The molecule has 1 fully saturated rings. The minimum Gasteiger partial charge on any atom is -0.240 e. The molecule has 3 aromatic rings. The highest BCUT2D eigenvalue weighted by atomic mass is 32.2. The van der Waals surface area contributed by atoms with Gasteiger partial charge >= 0.3 is 6.18 Å². The molecule has 0 radical (unpaired) electrons. The van der Waals surface area contributed by atoms with E-state index in [0.717, 1.165) is 17.6 Å². The van der Waals surface area contributed by atoms with E-state index in [0.29, 0.717) is 24.4 Å². The average Bonchev–Trinajstić information content (AvgIpc) is 3.12. The number of fused-ring (bicyclic) bond motifs is 1. The van der Waals surface area contributed by atoms with E-state index in [1.54, 1.807) is 4.68 Å². The Labute approximate surface area is 159 Å². The molecule has 1 aromatic heterocycles. The fourth-order valence-corrected chi connectivity index (χ4v) is 5.04. The number of piperidine rings is 1. The van der Waals surface area contributed by atoms with Gasteiger partial charge in [-0.05, 0) is 43.2 Å². The predicted octanol–water partition coefficient (Wildman–Crippen LogP) is 3.48. The highest BCUT2D eigenvalue weighted by Crippen LogP contribution is 2.33. The van der Waals surface area contributed by atoms with Gasteiger partial charge in [0.1, 0.15) is 5.52 Å². The molecule has 148 valence electrons. The Kier molecular flexibility index (Phi) is 4.62. The van der Waals surface area contributed by atoms with Crippen molar-refractivity contribution in [1.29, 1.82) is 0 Å². The number of nitrogens with zero attached hydrogens (tertiary/aromatic N) is 4. The normalized spacial score (nSPS) is 19.2. The molecule has 6 nitrogen and oxygen atoms in total. The third kappa shape index (κ3) is 3.37. The number of hydrogen-bond acceptors (Lipinski definition) is 4. The van der Waals surface area contributed by atoms with Crippen molar-refractivity contribution in [3.8, 4) is 0 Å². The number of sulfonamides is 1. The molecule has 0 unspecified atom stereocenters. The van der Waals surface area contributed by atoms with Crippen molar-refractivity contribution in [3.05, 3.63) is 54.1 Å². The third-order valence-corrected chi connectivity index (χ3v) is 6.74. The number of aromatic nitrogens is 3. The van der Waals surface area contributed by atoms with E-state index in [9.17, 15) is 21.6 Å². The van der Waals surface area contributed by atoms with Gasteiger partial charge in [0.25, 0.3) is 0 Å². The molecule has 1 atom stereocenters. The molecular weight excluding hydrogens is 393 g/mol. The smallest absolute Gasteiger partial charge is 0.240 e. The van der Waals surface area contributed by atoms with Crippen LogP contribution in [0.25, 0.3) is 11.0 Å². The summed E-state index contributed by atoms with van der Waals surface area (Å²) >= 11 is 0. The van der Waals surface area contributed by atoms with Gasteiger partial charge in [0, 0.05) is 13.1 Å². The monoisotopic (exact) mass is 410 g/mol. The Hall–Kier alpha value is -2.46. The molecule has 0 aliphatic carbocycles. The van der Waals surface area contributed by atoms with Gasteiger partial charge in [-0.15, -0.1) is 5.10 Å². The highest BCUT2D eigenvalue weighted by Gasteiger charge is 2.35. The summed E-state index contributed by atoms with van der Waals surface area (Å²) in [5.41, 5.74) is 0.524. The summed E-state index contributed by atoms with van der Waals surface area (Å²) in [7, 11) is -4.05. The molecule has 0 bridgehead atoms. The first-order chi connectivity index (χ1) is 13.3. The van der Waals surface area contributed by atoms with Gasteiger partial charge in [0.05, 0.1) is 22.0 Å². The summed E-state index contributed by atoms with van der Waals surface area (Å²) in [5.74, 6) is 0. The van der Waals surface area contributed by atoms with Crippen molar-refractivity contribution in [3.63, 3.8) is 0 Å². The predicted molar refractivity (Wildman–Crippen MR) is 96.0 cm³/mol. The van der Waals surface area contributed by atoms with E-state index < -0.39 is 21.8 Å². The quantitative estimate of drug-likeness (QED) is 0.663. The number of hydrogen-bond donors (Lipinski definition) is 0. The fraction of sp³-hybridized carbons (Fsp3) is 0.333. The van der Waals surface area contributed by atoms with Crippen LogP contribution in [0.4, 0.5) is 13.2 Å². The SMILES string of the molecule is O=S(=O)(c1cccc(C(F)(F)F)c1)N1CCC[C@@H](n2nnc3ccccc32)C1. The Morgan fingerprint density at radius 1 is 1.07 bits per heavy atom. The van der Waals surface area contributed by atoms with Crippen LogP contribution in [0, 0.1) is 0 Å². The van der Waals surface area contributed by atoms with Gasteiger partial charge in [-0.25, -0.2) is 13.1 Å². The molecule has 28 heavy (non-hydrogen) atoms. The minimum absolute atomic E-state index is 0.131. The van der Waals surface area contributed by atoms with Crippen molar-refractivity contribution in [2.75, 3.05) is 13.1 Å². The highest BCUT2D eigenvalue weighted by molar-refractivity contribution is 7.89. The van der Waals surface area contributed by atoms with Crippen LogP contribution in [0.1, 0.15) is 24.4 Å². The lowest BCUT2D eigenvalue weighted by atomic mass is 10.1. The van der Waals surface area contributed by atoms with Gasteiger partial charge in [-0.1, -0.05) is 23.4 Å². The van der Waals surface area contributed by atoms with Crippen LogP contribution in [0.5, 0.6) is 0 Å². The standard InChI is InChI=1S/C18H17F3N4O2S/c19-18(20,21)13-5-3-7-15(11-13)28(26,27)24-10-4-6-14(12-24)25-17-9-2-1-8-16(17)22-23-25/h1-3,5,7-9,11,14H,4,6,10,12H2/t14-/m1/s1. The number of halogens is 3. The molecule has 2 heterocycles. The van der Waals surface area contributed by atoms with Crippen LogP contribution >= 0.6 is 0 Å². The average molecular weight is 410 g/mol. The maximum Gasteiger partial charge on any atom is 0.416 e. The summed E-state index contributed by atoms with van der Waals surface area (Å²) in [6, 6.07) is 11.0. The molecule has 0 amide bonds. The van der Waals surface area contributed by atoms with E-state index in [2.05, 4.69) is 10.3 Å². The summed E-state index contributed by atoms with van der Waals surface area (Å²) in [5, 5.41) is 8.25. The number of alkyl halides is 3. The van der Waals surface area contributed by atoms with E-state index in [4.69, 9.17) is 0 Å². The van der Waals surface area contributed by atoms with Crippen molar-refractivity contribution >= 4 is 21.1 Å². The first kappa shape index (κ1) is 18.9. The molecule has 10 heteroatoms. The summed E-state index contributed by atoms with van der Waals surface area (Å²) in [6.07, 6.45) is -3.31. The van der Waals surface area contributed by atoms with E-state index >= 15 is 0 Å². The Morgan fingerprint density at radius 2 is 1.86 bits per heavy atom. The second kappa shape index (κ2) is 6.85. The zero-order chi connectivity index (χ0) is 19.9. The van der Waals surface area contributed by atoms with Crippen LogP contribution < -0.4 is 0 Å². The summed E-state index contributed by atoms with van der Waals surface area (Å²) < 4.78 is 67.7. The largest absolute Gasteiger partial charge is 0.416 e. The van der Waals surface area contributed by atoms with Gasteiger partial charge in [-0.3, -0.25) is 0 Å². The Bertz CT molecular complexity index is 1110. The topological polar surface area (TPSA) is 68.1 Å². The zero-order valence-corrected chi connectivity index (χ0v) is 15.5. The molecule has 1 aliphatic heterocycles. The van der Waals surface area contributed by atoms with E-state index in [-0.39, 0.29) is 24.0 Å². The lowest BCUT2D eigenvalue weighted by Crippen LogP contribution is -2.41. The number of benzene rings is 2. The van der Waals surface area contributed by atoms with Crippen molar-refractivity contribution in [2.24, 2.45) is 0 Å². The molecule has 2 aromatic carbocycles. The maximum absolute atomic E-state index is 13.0. The van der Waals surface area contributed by atoms with Crippen LogP contribution in [-0.4, -0.2) is 40.8 Å². The van der Waals surface area contributed by atoms with Crippen LogP contribution in [0.2, 0.25) is 0 Å². The second-order valence-corrected chi connectivity index (χ2v) is 8.65. The Morgan fingerprint density at radius 3 is 2.64 bits per heavy atom. The van der Waals surface area contributed by atoms with Crippen LogP contribution in [0.3, 0.4) is 0 Å². The molecule has 1 saturated heterocycles. The first-order valence-electron chi connectivity index (χ1n) is 8.74. The fourth-order valence-electron chi connectivity index (χ4n) is 3.48. The number of rotatable bonds is 3. The lowest BCUT2D eigenvalue weighted by molar-refractivity contribution is -0.137. The van der Waals surface area contributed by atoms with Crippen molar-refractivity contribution in [1.82, 2.24) is 19.3 Å². The van der Waals surface area contributed by atoms with Crippen molar-refractivity contribution in [2.45, 2.75) is 30.0 Å². The second-order valence-electron chi connectivity index (χ2n) is 6.71. The number of para-hydroxylation sites is 1. The Balaban J connectivity index is 1.64. The van der Waals surface area contributed by atoms with Gasteiger partial charge < -0.3 is 0 Å². The van der Waals surface area contributed by atoms with Crippen LogP contribution in [-0.2, 0) is 16.2 Å². The maximum atomic E-state index is 13.0. The van der Waals surface area contributed by atoms with Gasteiger partial charge in [0.2, 0.25) is 10.0 Å². The summed E-state index contributed by atoms with van der Waals surface area (Å²) in [4.78, 5) is -0.355. The molecular formula is C18H17F3N4O2S. The third-order valence-electron chi connectivity index (χ3n) is 4.88. The lowest BCUT2D eigenvalue weighted by Gasteiger charge is -2.32. The molecule has 1 aliphatic rings. The summed E-state index contributed by atoms with van der Waals surface area (Å²) in [6.45, 7) is 0.383. The van der Waals surface area contributed by atoms with Crippen molar-refractivity contribution < 1.29 is 21.6 Å². The van der Waals surface area contributed by atoms with Gasteiger partial charge in [0.15, 0.2) is 0 Å². The van der Waals surface area contributed by atoms with E-state index in [1.807, 2.05) is 24.3 Å². The molecule has 0 N–H and O–H groups in total. The van der Waals surface area contributed by atoms with E-state index in [1.165, 1.54) is 10.4 Å². The minimum atomic E-state index is -4.60. The van der Waals surface area contributed by atoms with Crippen LogP contribution in [0.15, 0.2) is 53.4 Å².